The van der Waals surface area contributed by atoms with E-state index in [1.807, 2.05) is 0 Å². The molecule has 1 saturated carbocycles. The van der Waals surface area contributed by atoms with Crippen molar-refractivity contribution >= 4 is 23.1 Å². The number of hydrogen-bond donors (Lipinski definition) is 1. The second-order valence-electron chi connectivity index (χ2n) is 4.85. The van der Waals surface area contributed by atoms with E-state index >= 15 is 0 Å². The molecule has 1 aromatic heterocycles. The summed E-state index contributed by atoms with van der Waals surface area (Å²) in [4.78, 5) is 24.6. The first kappa shape index (κ1) is 11.0. The number of carboxylic acids is 1. The van der Waals surface area contributed by atoms with Gasteiger partial charge in [-0.05, 0) is 30.7 Å². The first-order valence-corrected chi connectivity index (χ1v) is 6.92. The van der Waals surface area contributed by atoms with Gasteiger partial charge >= 0.3 is 5.97 Å². The van der Waals surface area contributed by atoms with Crippen molar-refractivity contribution in [1.29, 1.82) is 0 Å². The third-order valence-electron chi connectivity index (χ3n) is 3.83. The number of carbonyl (C=O) groups excluding carboxylic acids is 1. The van der Waals surface area contributed by atoms with Crippen LogP contribution >= 0.6 is 11.3 Å². The topological polar surface area (TPSA) is 54.4 Å². The maximum Gasteiger partial charge on any atom is 0.346 e. The molecule has 0 spiro atoms. The molecule has 1 fully saturated rings. The van der Waals surface area contributed by atoms with Gasteiger partial charge in [0.15, 0.2) is 5.78 Å². The van der Waals surface area contributed by atoms with Crippen LogP contribution in [0.25, 0.3) is 0 Å². The molecule has 1 aromatic rings. The van der Waals surface area contributed by atoms with Crippen LogP contribution in [0.15, 0.2) is 0 Å². The third kappa shape index (κ3) is 1.62. The van der Waals surface area contributed by atoms with E-state index in [0.717, 1.165) is 48.1 Å². The molecule has 0 amide bonds. The molecule has 3 nitrogen and oxygen atoms in total. The first-order chi connectivity index (χ1) is 8.18. The van der Waals surface area contributed by atoms with Gasteiger partial charge in [-0.15, -0.1) is 11.3 Å². The number of ketones is 1. The lowest BCUT2D eigenvalue weighted by molar-refractivity contribution is 0.0700. The van der Waals surface area contributed by atoms with Crippen LogP contribution in [0.4, 0.5) is 0 Å². The van der Waals surface area contributed by atoms with E-state index in [1.165, 1.54) is 11.3 Å². The first-order valence-electron chi connectivity index (χ1n) is 6.10. The quantitative estimate of drug-likeness (QED) is 0.876. The fourth-order valence-electron chi connectivity index (χ4n) is 3.09. The molecule has 3 rings (SSSR count). The molecule has 1 heterocycles. The fraction of sp³-hybridized carbons (Fsp3) is 0.538. The summed E-state index contributed by atoms with van der Waals surface area (Å²) in [6.45, 7) is 0. The minimum absolute atomic E-state index is 0.158. The zero-order chi connectivity index (χ0) is 12.0. The molecule has 4 heteroatoms. The van der Waals surface area contributed by atoms with Gasteiger partial charge in [-0.25, -0.2) is 4.79 Å². The molecule has 0 radical (unpaired) electrons. The number of thiophene rings is 1. The number of hydrogen-bond acceptors (Lipinski definition) is 3. The number of carbonyl (C=O) groups is 2. The average molecular weight is 250 g/mol. The van der Waals surface area contributed by atoms with Gasteiger partial charge in [0.05, 0.1) is 0 Å². The highest BCUT2D eigenvalue weighted by molar-refractivity contribution is 7.14. The van der Waals surface area contributed by atoms with Crippen molar-refractivity contribution in [2.24, 2.45) is 0 Å². The van der Waals surface area contributed by atoms with Crippen LogP contribution < -0.4 is 0 Å². The molecule has 0 aromatic carbocycles. The highest BCUT2D eigenvalue weighted by Crippen LogP contribution is 2.44. The molecular weight excluding hydrogens is 236 g/mol. The zero-order valence-electron chi connectivity index (χ0n) is 9.49. The Labute approximate surface area is 103 Å². The van der Waals surface area contributed by atoms with E-state index in [1.54, 1.807) is 0 Å². The largest absolute Gasteiger partial charge is 0.477 e. The van der Waals surface area contributed by atoms with Crippen LogP contribution in [0.1, 0.15) is 68.5 Å². The molecule has 17 heavy (non-hydrogen) atoms. The van der Waals surface area contributed by atoms with E-state index in [4.69, 9.17) is 0 Å². The third-order valence-corrected chi connectivity index (χ3v) is 5.09. The normalized spacial score (nSPS) is 19.9. The Bertz CT molecular complexity index is 495. The number of Topliss-reactive ketones (excluding diaryl/α,β-unsaturated/α-hetero) is 1. The number of rotatable bonds is 2. The van der Waals surface area contributed by atoms with Gasteiger partial charge in [-0.2, -0.15) is 0 Å². The van der Waals surface area contributed by atoms with Gasteiger partial charge in [-0.1, -0.05) is 12.8 Å². The van der Waals surface area contributed by atoms with E-state index in [9.17, 15) is 14.7 Å². The molecule has 2 aliphatic rings. The molecule has 1 N–H and O–H groups in total. The molecule has 90 valence electrons. The van der Waals surface area contributed by atoms with Crippen LogP contribution in [0.2, 0.25) is 0 Å². The summed E-state index contributed by atoms with van der Waals surface area (Å²) in [5, 5.41) is 9.27. The average Bonchev–Trinajstić information content (AvgIpc) is 2.95. The Kier molecular flexibility index (Phi) is 2.54. The monoisotopic (exact) mass is 250 g/mol. The highest BCUT2D eigenvalue weighted by atomic mass is 32.1. The van der Waals surface area contributed by atoms with Crippen LogP contribution in [0.5, 0.6) is 0 Å². The Morgan fingerprint density at radius 2 is 1.94 bits per heavy atom. The smallest absolute Gasteiger partial charge is 0.346 e. The Hall–Kier alpha value is -1.16. The maximum atomic E-state index is 11.9. The summed E-state index contributed by atoms with van der Waals surface area (Å²) < 4.78 is 0. The summed E-state index contributed by atoms with van der Waals surface area (Å²) in [7, 11) is 0. The lowest BCUT2D eigenvalue weighted by Gasteiger charge is -2.10. The zero-order valence-corrected chi connectivity index (χ0v) is 10.3. The van der Waals surface area contributed by atoms with Crippen LogP contribution in [0, 0.1) is 0 Å². The van der Waals surface area contributed by atoms with E-state index < -0.39 is 5.97 Å². The minimum atomic E-state index is -0.862. The van der Waals surface area contributed by atoms with Gasteiger partial charge in [0.2, 0.25) is 0 Å². The van der Waals surface area contributed by atoms with Gasteiger partial charge in [0.1, 0.15) is 4.88 Å². The van der Waals surface area contributed by atoms with Gasteiger partial charge < -0.3 is 5.11 Å². The van der Waals surface area contributed by atoms with Crippen molar-refractivity contribution < 1.29 is 14.7 Å². The van der Waals surface area contributed by atoms with Crippen molar-refractivity contribution in [1.82, 2.24) is 0 Å². The number of fused-ring (bicyclic) bond motifs is 1. The molecule has 0 bridgehead atoms. The Morgan fingerprint density at radius 3 is 2.59 bits per heavy atom. The predicted molar refractivity (Wildman–Crippen MR) is 65.1 cm³/mol. The molecule has 2 aliphatic carbocycles. The van der Waals surface area contributed by atoms with E-state index in [2.05, 4.69) is 0 Å². The minimum Gasteiger partial charge on any atom is -0.477 e. The van der Waals surface area contributed by atoms with E-state index in [0.29, 0.717) is 17.2 Å². The summed E-state index contributed by atoms with van der Waals surface area (Å²) >= 11 is 1.33. The van der Waals surface area contributed by atoms with Crippen molar-refractivity contribution in [3.8, 4) is 0 Å². The summed E-state index contributed by atoms with van der Waals surface area (Å²) in [6, 6.07) is 0. The second kappa shape index (κ2) is 3.95. The number of aryl methyl sites for hydroxylation is 1. The van der Waals surface area contributed by atoms with Crippen LogP contribution in [-0.2, 0) is 6.42 Å². The Balaban J connectivity index is 2.15. The molecule has 0 aliphatic heterocycles. The maximum absolute atomic E-state index is 11.9. The fourth-order valence-corrected chi connectivity index (χ4v) is 4.33. The lowest BCUT2D eigenvalue weighted by Crippen LogP contribution is -2.06. The summed E-state index contributed by atoms with van der Waals surface area (Å²) in [5.41, 5.74) is 1.65. The van der Waals surface area contributed by atoms with Crippen molar-refractivity contribution in [2.75, 3.05) is 0 Å². The van der Waals surface area contributed by atoms with Gasteiger partial charge in [-0.3, -0.25) is 4.79 Å². The van der Waals surface area contributed by atoms with Crippen LogP contribution in [-0.4, -0.2) is 16.9 Å². The van der Waals surface area contributed by atoms with E-state index in [-0.39, 0.29) is 5.78 Å². The SMILES string of the molecule is O=C(O)c1sc2c(c1C1CCCC1)C(=O)CC2. The highest BCUT2D eigenvalue weighted by Gasteiger charge is 2.35. The standard InChI is InChI=1S/C13H14O3S/c14-8-5-6-9-11(8)10(7-3-1-2-4-7)12(17-9)13(15)16/h7H,1-6H2,(H,15,16). The predicted octanol–water partition coefficient (Wildman–Crippen LogP) is 3.23. The summed E-state index contributed by atoms with van der Waals surface area (Å²) in [6.07, 6.45) is 5.70. The number of carboxylic acid groups (broad SMARTS) is 1. The Morgan fingerprint density at radius 1 is 1.24 bits per heavy atom. The van der Waals surface area contributed by atoms with Gasteiger partial charge in [0, 0.05) is 16.9 Å². The summed E-state index contributed by atoms with van der Waals surface area (Å²) in [5.74, 6) is -0.395. The molecular formula is C13H14O3S. The van der Waals surface area contributed by atoms with Crippen molar-refractivity contribution in [3.05, 3.63) is 20.9 Å². The molecule has 0 atom stereocenters. The molecule has 0 unspecified atom stereocenters. The lowest BCUT2D eigenvalue weighted by atomic mass is 9.93. The number of aromatic carboxylic acids is 1. The van der Waals surface area contributed by atoms with Crippen molar-refractivity contribution in [2.45, 2.75) is 44.4 Å². The van der Waals surface area contributed by atoms with Crippen LogP contribution in [0.3, 0.4) is 0 Å². The molecule has 0 saturated heterocycles. The van der Waals surface area contributed by atoms with Crippen molar-refractivity contribution in [3.63, 3.8) is 0 Å². The van der Waals surface area contributed by atoms with Gasteiger partial charge in [0.25, 0.3) is 0 Å². The second-order valence-corrected chi connectivity index (χ2v) is 5.96.